The predicted molar refractivity (Wildman–Crippen MR) is 235 cm³/mol. The fourth-order valence-electron chi connectivity index (χ4n) is 6.32. The van der Waals surface area contributed by atoms with E-state index in [4.69, 9.17) is 4.99 Å². The van der Waals surface area contributed by atoms with Crippen LogP contribution in [0.5, 0.6) is 0 Å². The van der Waals surface area contributed by atoms with Crippen molar-refractivity contribution in [1.29, 1.82) is 0 Å². The molecule has 57 heavy (non-hydrogen) atoms. The SMILES string of the molecule is CCCCCCCN=C(CCNC(=O)c1cc(NC(=O)c2cc(NC(=O)c3ccc(/C=C/c4ccc(N(C)C)cc4)nc3)cn2C)cn1C)NCCCCCCC. The zero-order chi connectivity index (χ0) is 41.0. The molecule has 0 unspecified atom stereocenters. The lowest BCUT2D eigenvalue weighted by molar-refractivity contribution is 0.0945. The Kier molecular flexibility index (Phi) is 18.1. The Morgan fingerprint density at radius 3 is 1.93 bits per heavy atom. The second-order valence-electron chi connectivity index (χ2n) is 14.7. The lowest BCUT2D eigenvalue weighted by Gasteiger charge is -2.12. The lowest BCUT2D eigenvalue weighted by atomic mass is 10.1. The average Bonchev–Trinajstić information content (AvgIpc) is 3.76. The Morgan fingerprint density at radius 1 is 0.702 bits per heavy atom. The van der Waals surface area contributed by atoms with E-state index in [1.54, 1.807) is 59.9 Å². The molecule has 12 nitrogen and oxygen atoms in total. The molecular weight excluding hydrogens is 715 g/mol. The number of amides is 3. The van der Waals surface area contributed by atoms with E-state index in [0.717, 1.165) is 48.7 Å². The van der Waals surface area contributed by atoms with Crippen molar-refractivity contribution in [3.05, 3.63) is 95.3 Å². The first-order chi connectivity index (χ1) is 27.6. The zero-order valence-corrected chi connectivity index (χ0v) is 34.9. The number of unbranched alkanes of at least 4 members (excludes halogenated alkanes) is 8. The topological polar surface area (TPSA) is 138 Å². The van der Waals surface area contributed by atoms with Gasteiger partial charge in [0.25, 0.3) is 17.7 Å². The van der Waals surface area contributed by atoms with Gasteiger partial charge >= 0.3 is 0 Å². The van der Waals surface area contributed by atoms with Gasteiger partial charge in [0, 0.05) is 78.5 Å². The Morgan fingerprint density at radius 2 is 1.32 bits per heavy atom. The highest BCUT2D eigenvalue weighted by Crippen LogP contribution is 2.19. The van der Waals surface area contributed by atoms with E-state index in [1.807, 2.05) is 43.3 Å². The first-order valence-electron chi connectivity index (χ1n) is 20.5. The number of nitrogens with zero attached hydrogens (tertiary/aromatic N) is 5. The van der Waals surface area contributed by atoms with Crippen LogP contribution in [0.1, 0.15) is 127 Å². The summed E-state index contributed by atoms with van der Waals surface area (Å²) in [7, 11) is 7.51. The van der Waals surface area contributed by atoms with Gasteiger partial charge in [0.05, 0.1) is 28.5 Å². The van der Waals surface area contributed by atoms with Gasteiger partial charge in [-0.2, -0.15) is 0 Å². The van der Waals surface area contributed by atoms with Crippen molar-refractivity contribution in [2.24, 2.45) is 19.1 Å². The molecule has 0 saturated heterocycles. The van der Waals surface area contributed by atoms with Crippen LogP contribution in [-0.2, 0) is 14.1 Å². The normalized spacial score (nSPS) is 11.5. The molecule has 4 aromatic rings. The average molecular weight is 778 g/mol. The van der Waals surface area contributed by atoms with E-state index in [2.05, 4.69) is 52.2 Å². The Bertz CT molecular complexity index is 1920. The standard InChI is InChI=1S/C45H63N9O3/c1-7-9-11-13-15-26-46-42(47-27-16-14-12-10-8-2)25-28-48-44(56)40-29-38(33-53(40)5)51-45(57)41-30-37(32-54(41)6)50-43(55)35-20-22-36(49-31-35)21-17-34-18-23-39(24-19-34)52(3)4/h17-24,29-33H,7-16,25-28H2,1-6H3,(H,46,47)(H,48,56)(H,50,55)(H,51,57)/b21-17+. The Labute approximate surface area is 339 Å². The molecule has 3 heterocycles. The molecule has 0 bridgehead atoms. The van der Waals surface area contributed by atoms with Crippen LogP contribution in [0, 0.1) is 0 Å². The van der Waals surface area contributed by atoms with Crippen molar-refractivity contribution in [1.82, 2.24) is 24.8 Å². The minimum absolute atomic E-state index is 0.228. The molecule has 4 N–H and O–H groups in total. The number of hydrogen-bond donors (Lipinski definition) is 4. The van der Waals surface area contributed by atoms with Crippen molar-refractivity contribution in [2.45, 2.75) is 84.5 Å². The van der Waals surface area contributed by atoms with Gasteiger partial charge in [-0.3, -0.25) is 24.4 Å². The summed E-state index contributed by atoms with van der Waals surface area (Å²) in [6, 6.07) is 15.0. The third kappa shape index (κ3) is 14.7. The van der Waals surface area contributed by atoms with E-state index in [0.29, 0.717) is 41.3 Å². The largest absolute Gasteiger partial charge is 0.378 e. The van der Waals surface area contributed by atoms with Gasteiger partial charge in [0.15, 0.2) is 0 Å². The van der Waals surface area contributed by atoms with Crippen LogP contribution in [0.25, 0.3) is 12.2 Å². The van der Waals surface area contributed by atoms with Gasteiger partial charge in [0.1, 0.15) is 11.4 Å². The first-order valence-corrected chi connectivity index (χ1v) is 20.5. The monoisotopic (exact) mass is 778 g/mol. The molecule has 3 aromatic heterocycles. The molecule has 3 amide bonds. The molecule has 1 aromatic carbocycles. The van der Waals surface area contributed by atoms with E-state index >= 15 is 0 Å². The number of aryl methyl sites for hydroxylation is 2. The van der Waals surface area contributed by atoms with Gasteiger partial charge in [-0.05, 0) is 60.9 Å². The van der Waals surface area contributed by atoms with Crippen molar-refractivity contribution < 1.29 is 14.4 Å². The van der Waals surface area contributed by atoms with Crippen LogP contribution in [-0.4, -0.2) is 71.4 Å². The maximum absolute atomic E-state index is 13.3. The van der Waals surface area contributed by atoms with Gasteiger partial charge in [-0.1, -0.05) is 83.4 Å². The minimum Gasteiger partial charge on any atom is -0.378 e. The van der Waals surface area contributed by atoms with Crippen LogP contribution in [0.3, 0.4) is 0 Å². The highest BCUT2D eigenvalue weighted by molar-refractivity contribution is 6.07. The maximum Gasteiger partial charge on any atom is 0.272 e. The summed E-state index contributed by atoms with van der Waals surface area (Å²) in [6.07, 6.45) is 21.5. The molecule has 0 aliphatic heterocycles. The maximum atomic E-state index is 13.3. The van der Waals surface area contributed by atoms with E-state index in [1.165, 1.54) is 57.6 Å². The number of carbonyl (C=O) groups excluding carboxylic acids is 3. The predicted octanol–water partition coefficient (Wildman–Crippen LogP) is 8.55. The van der Waals surface area contributed by atoms with E-state index in [9.17, 15) is 14.4 Å². The van der Waals surface area contributed by atoms with Gasteiger partial charge in [0.2, 0.25) is 0 Å². The molecule has 12 heteroatoms. The summed E-state index contributed by atoms with van der Waals surface area (Å²) in [5.41, 5.74) is 5.01. The number of pyridine rings is 1. The molecule has 0 aliphatic rings. The zero-order valence-electron chi connectivity index (χ0n) is 34.9. The Hall–Kier alpha value is -5.65. The smallest absolute Gasteiger partial charge is 0.272 e. The number of nitrogens with one attached hydrogen (secondary N) is 4. The highest BCUT2D eigenvalue weighted by atomic mass is 16.2. The molecule has 0 aliphatic carbocycles. The number of carbonyl (C=O) groups is 3. The molecule has 0 atom stereocenters. The van der Waals surface area contributed by atoms with Crippen LogP contribution < -0.4 is 26.2 Å². The van der Waals surface area contributed by atoms with Crippen LogP contribution in [0.4, 0.5) is 17.1 Å². The van der Waals surface area contributed by atoms with Gasteiger partial charge in [-0.15, -0.1) is 0 Å². The van der Waals surface area contributed by atoms with E-state index in [-0.39, 0.29) is 17.7 Å². The summed E-state index contributed by atoms with van der Waals surface area (Å²) in [4.78, 5) is 50.9. The summed E-state index contributed by atoms with van der Waals surface area (Å²) >= 11 is 0. The first kappa shape index (κ1) is 44.1. The third-order valence-corrected chi connectivity index (χ3v) is 9.72. The lowest BCUT2D eigenvalue weighted by Crippen LogP contribution is -2.32. The molecule has 0 fully saturated rings. The number of amidine groups is 1. The number of benzene rings is 1. The van der Waals surface area contributed by atoms with Crippen LogP contribution >= 0.6 is 0 Å². The van der Waals surface area contributed by atoms with Crippen LogP contribution in [0.15, 0.2) is 72.1 Å². The van der Waals surface area contributed by atoms with Crippen molar-refractivity contribution >= 4 is 52.8 Å². The molecule has 4 rings (SSSR count). The van der Waals surface area contributed by atoms with E-state index < -0.39 is 0 Å². The number of aromatic nitrogens is 3. The van der Waals surface area contributed by atoms with Gasteiger partial charge in [-0.25, -0.2) is 0 Å². The number of rotatable bonds is 23. The van der Waals surface area contributed by atoms with Gasteiger partial charge < -0.3 is 35.3 Å². The second kappa shape index (κ2) is 23.4. The summed E-state index contributed by atoms with van der Waals surface area (Å²) in [5.74, 6) is 0.00206. The summed E-state index contributed by atoms with van der Waals surface area (Å²) in [5, 5.41) is 12.3. The van der Waals surface area contributed by atoms with Crippen molar-refractivity contribution in [2.75, 3.05) is 49.3 Å². The molecule has 0 radical (unpaired) electrons. The fourth-order valence-corrected chi connectivity index (χ4v) is 6.32. The molecule has 0 spiro atoms. The number of aliphatic imine (C=N–C) groups is 1. The summed E-state index contributed by atoms with van der Waals surface area (Å²) in [6.45, 7) is 6.58. The highest BCUT2D eigenvalue weighted by Gasteiger charge is 2.18. The quantitative estimate of drug-likeness (QED) is 0.0339. The van der Waals surface area contributed by atoms with Crippen molar-refractivity contribution in [3.8, 4) is 0 Å². The Balaban J connectivity index is 1.27. The number of hydrogen-bond acceptors (Lipinski definition) is 6. The van der Waals surface area contributed by atoms with Crippen LogP contribution in [0.2, 0.25) is 0 Å². The van der Waals surface area contributed by atoms with Crippen molar-refractivity contribution in [3.63, 3.8) is 0 Å². The molecular formula is C45H63N9O3. The fraction of sp³-hybridized carbons (Fsp3) is 0.444. The third-order valence-electron chi connectivity index (χ3n) is 9.72. The summed E-state index contributed by atoms with van der Waals surface area (Å²) < 4.78 is 3.33. The molecule has 0 saturated carbocycles. The molecule has 306 valence electrons. The second-order valence-corrected chi connectivity index (χ2v) is 14.7. The minimum atomic E-state index is -0.374. The number of anilines is 3.